The zero-order chi connectivity index (χ0) is 16.2. The Morgan fingerprint density at radius 2 is 1.57 bits per heavy atom. The molecule has 2 saturated carbocycles. The number of benzene rings is 1. The summed E-state index contributed by atoms with van der Waals surface area (Å²) >= 11 is 6.10. The van der Waals surface area contributed by atoms with Gasteiger partial charge in [-0.25, -0.2) is 0 Å². The molecule has 2 N–H and O–H groups in total. The molecule has 1 aromatic carbocycles. The highest BCUT2D eigenvalue weighted by Gasteiger charge is 2.32. The maximum absolute atomic E-state index is 12.3. The van der Waals surface area contributed by atoms with Crippen LogP contribution in [0.1, 0.15) is 44.1 Å². The number of halogens is 1. The number of carbonyl (C=O) groups is 2. The van der Waals surface area contributed by atoms with Crippen molar-refractivity contribution in [1.82, 2.24) is 10.6 Å². The highest BCUT2D eigenvalue weighted by molar-refractivity contribution is 6.31. The second kappa shape index (κ2) is 7.35. The number of nitrogens with one attached hydrogen (secondary N) is 2. The monoisotopic (exact) mass is 334 g/mol. The molecule has 0 heterocycles. The van der Waals surface area contributed by atoms with E-state index in [4.69, 9.17) is 11.6 Å². The van der Waals surface area contributed by atoms with E-state index in [1.165, 1.54) is 0 Å². The summed E-state index contributed by atoms with van der Waals surface area (Å²) in [6.45, 7) is 0.459. The standard InChI is InChI=1S/C18H23ClN2O2/c19-16-4-2-1-3-14(16)11-20-17(22)12-5-7-13(8-6-12)18(23)21-15-9-10-15/h1-4,12-13,15H,5-11H2,(H,20,22)(H,21,23). The molecule has 2 fully saturated rings. The normalized spacial score (nSPS) is 24.0. The van der Waals surface area contributed by atoms with Gasteiger partial charge in [0.2, 0.25) is 11.8 Å². The third-order valence-corrected chi connectivity index (χ3v) is 5.17. The van der Waals surface area contributed by atoms with Crippen molar-refractivity contribution in [2.45, 2.75) is 51.1 Å². The molecule has 4 nitrogen and oxygen atoms in total. The first-order valence-corrected chi connectivity index (χ1v) is 8.83. The van der Waals surface area contributed by atoms with E-state index in [0.717, 1.165) is 44.1 Å². The quantitative estimate of drug-likeness (QED) is 0.869. The van der Waals surface area contributed by atoms with Gasteiger partial charge in [-0.2, -0.15) is 0 Å². The summed E-state index contributed by atoms with van der Waals surface area (Å²) < 4.78 is 0. The fraction of sp³-hybridized carbons (Fsp3) is 0.556. The van der Waals surface area contributed by atoms with Gasteiger partial charge in [0, 0.05) is 29.4 Å². The van der Waals surface area contributed by atoms with Crippen LogP contribution in [0.15, 0.2) is 24.3 Å². The Labute approximate surface area is 142 Å². The van der Waals surface area contributed by atoms with E-state index in [9.17, 15) is 9.59 Å². The van der Waals surface area contributed by atoms with Crippen LogP contribution in [0.2, 0.25) is 5.02 Å². The Balaban J connectivity index is 1.42. The van der Waals surface area contributed by atoms with Crippen molar-refractivity contribution in [1.29, 1.82) is 0 Å². The molecule has 1 aromatic rings. The first-order chi connectivity index (χ1) is 11.1. The van der Waals surface area contributed by atoms with Crippen molar-refractivity contribution in [3.8, 4) is 0 Å². The Morgan fingerprint density at radius 1 is 0.957 bits per heavy atom. The molecule has 5 heteroatoms. The van der Waals surface area contributed by atoms with Crippen LogP contribution in [-0.4, -0.2) is 17.9 Å². The van der Waals surface area contributed by atoms with Crippen LogP contribution in [0.5, 0.6) is 0 Å². The third kappa shape index (κ3) is 4.47. The van der Waals surface area contributed by atoms with E-state index in [1.54, 1.807) is 0 Å². The highest BCUT2D eigenvalue weighted by Crippen LogP contribution is 2.30. The van der Waals surface area contributed by atoms with Crippen LogP contribution in [0.4, 0.5) is 0 Å². The van der Waals surface area contributed by atoms with E-state index in [2.05, 4.69) is 10.6 Å². The zero-order valence-corrected chi connectivity index (χ0v) is 13.9. The summed E-state index contributed by atoms with van der Waals surface area (Å²) in [6, 6.07) is 7.95. The molecule has 3 rings (SSSR count). The molecular formula is C18H23ClN2O2. The molecule has 0 spiro atoms. The number of carbonyl (C=O) groups excluding carboxylic acids is 2. The number of amides is 2. The Bertz CT molecular complexity index is 578. The molecule has 0 bridgehead atoms. The summed E-state index contributed by atoms with van der Waals surface area (Å²) in [5, 5.41) is 6.71. The van der Waals surface area contributed by atoms with Crippen LogP contribution in [0.25, 0.3) is 0 Å². The lowest BCUT2D eigenvalue weighted by atomic mass is 9.81. The molecule has 0 aliphatic heterocycles. The summed E-state index contributed by atoms with van der Waals surface area (Å²) in [7, 11) is 0. The molecule has 0 saturated heterocycles. The molecule has 124 valence electrons. The number of rotatable bonds is 5. The molecule has 2 amide bonds. The van der Waals surface area contributed by atoms with E-state index in [1.807, 2.05) is 24.3 Å². The fourth-order valence-corrected chi connectivity index (χ4v) is 3.34. The van der Waals surface area contributed by atoms with Crippen molar-refractivity contribution in [3.05, 3.63) is 34.9 Å². The first kappa shape index (κ1) is 16.3. The van der Waals surface area contributed by atoms with Crippen molar-refractivity contribution >= 4 is 23.4 Å². The van der Waals surface area contributed by atoms with Gasteiger partial charge in [-0.3, -0.25) is 9.59 Å². The van der Waals surface area contributed by atoms with E-state index >= 15 is 0 Å². The number of hydrogen-bond acceptors (Lipinski definition) is 2. The molecular weight excluding hydrogens is 312 g/mol. The van der Waals surface area contributed by atoms with Gasteiger partial charge in [-0.05, 0) is 50.2 Å². The minimum absolute atomic E-state index is 0.0162. The Morgan fingerprint density at radius 3 is 2.17 bits per heavy atom. The van der Waals surface area contributed by atoms with Gasteiger partial charge in [0.05, 0.1) is 0 Å². The lowest BCUT2D eigenvalue weighted by Gasteiger charge is -2.27. The molecule has 2 aliphatic rings. The topological polar surface area (TPSA) is 58.2 Å². The average Bonchev–Trinajstić information content (AvgIpc) is 3.38. The van der Waals surface area contributed by atoms with Crippen LogP contribution in [0.3, 0.4) is 0 Å². The molecule has 23 heavy (non-hydrogen) atoms. The third-order valence-electron chi connectivity index (χ3n) is 4.80. The molecule has 0 radical (unpaired) electrons. The maximum Gasteiger partial charge on any atom is 0.223 e. The van der Waals surface area contributed by atoms with Crippen molar-refractivity contribution in [2.75, 3.05) is 0 Å². The highest BCUT2D eigenvalue weighted by atomic mass is 35.5. The molecule has 0 unspecified atom stereocenters. The zero-order valence-electron chi connectivity index (χ0n) is 13.2. The molecule has 0 aromatic heterocycles. The van der Waals surface area contributed by atoms with E-state index in [0.29, 0.717) is 17.6 Å². The number of hydrogen-bond donors (Lipinski definition) is 2. The molecule has 0 atom stereocenters. The Kier molecular flexibility index (Phi) is 5.21. The predicted molar refractivity (Wildman–Crippen MR) is 89.9 cm³/mol. The van der Waals surface area contributed by atoms with Gasteiger partial charge < -0.3 is 10.6 Å². The van der Waals surface area contributed by atoms with Crippen molar-refractivity contribution in [2.24, 2.45) is 11.8 Å². The first-order valence-electron chi connectivity index (χ1n) is 8.45. The Hall–Kier alpha value is -1.55. The maximum atomic E-state index is 12.3. The van der Waals surface area contributed by atoms with Crippen LogP contribution in [-0.2, 0) is 16.1 Å². The van der Waals surface area contributed by atoms with Crippen LogP contribution >= 0.6 is 11.6 Å². The van der Waals surface area contributed by atoms with Gasteiger partial charge in [0.15, 0.2) is 0 Å². The van der Waals surface area contributed by atoms with Gasteiger partial charge in [-0.15, -0.1) is 0 Å². The molecule has 2 aliphatic carbocycles. The SMILES string of the molecule is O=C(NCc1ccccc1Cl)C1CCC(C(=O)NC2CC2)CC1. The smallest absolute Gasteiger partial charge is 0.223 e. The van der Waals surface area contributed by atoms with Gasteiger partial charge in [0.1, 0.15) is 0 Å². The summed E-state index contributed by atoms with van der Waals surface area (Å²) in [4.78, 5) is 24.3. The summed E-state index contributed by atoms with van der Waals surface area (Å²) in [6.07, 6.45) is 5.43. The van der Waals surface area contributed by atoms with Crippen molar-refractivity contribution in [3.63, 3.8) is 0 Å². The largest absolute Gasteiger partial charge is 0.353 e. The minimum Gasteiger partial charge on any atom is -0.353 e. The van der Waals surface area contributed by atoms with Gasteiger partial charge in [0.25, 0.3) is 0 Å². The average molecular weight is 335 g/mol. The van der Waals surface area contributed by atoms with E-state index in [-0.39, 0.29) is 23.7 Å². The van der Waals surface area contributed by atoms with Gasteiger partial charge >= 0.3 is 0 Å². The minimum atomic E-state index is 0.0162. The predicted octanol–water partition coefficient (Wildman–Crippen LogP) is 3.04. The second-order valence-corrected chi connectivity index (χ2v) is 7.05. The summed E-state index contributed by atoms with van der Waals surface area (Å²) in [5.41, 5.74) is 0.931. The lowest BCUT2D eigenvalue weighted by molar-refractivity contribution is -0.130. The van der Waals surface area contributed by atoms with Crippen LogP contribution in [0, 0.1) is 11.8 Å². The van der Waals surface area contributed by atoms with Gasteiger partial charge in [-0.1, -0.05) is 29.8 Å². The van der Waals surface area contributed by atoms with Crippen LogP contribution < -0.4 is 10.6 Å². The second-order valence-electron chi connectivity index (χ2n) is 6.64. The van der Waals surface area contributed by atoms with Crippen molar-refractivity contribution < 1.29 is 9.59 Å². The van der Waals surface area contributed by atoms with E-state index < -0.39 is 0 Å². The fourth-order valence-electron chi connectivity index (χ4n) is 3.13. The summed E-state index contributed by atoms with van der Waals surface area (Å²) in [5.74, 6) is 0.360. The lowest BCUT2D eigenvalue weighted by Crippen LogP contribution is -2.38.